The van der Waals surface area contributed by atoms with E-state index in [1.165, 1.54) is 6.42 Å². The Morgan fingerprint density at radius 1 is 1.35 bits per heavy atom. The predicted octanol–water partition coefficient (Wildman–Crippen LogP) is 3.56. The van der Waals surface area contributed by atoms with Crippen LogP contribution < -0.4 is 5.32 Å². The van der Waals surface area contributed by atoms with Gasteiger partial charge in [0.15, 0.2) is 5.65 Å². The molecular weight excluding hydrogens is 292 g/mol. The molecule has 0 aliphatic carbocycles. The van der Waals surface area contributed by atoms with E-state index in [-0.39, 0.29) is 0 Å². The fourth-order valence-electron chi connectivity index (χ4n) is 2.71. The highest BCUT2D eigenvalue weighted by atomic mass is 35.5. The van der Waals surface area contributed by atoms with Crippen molar-refractivity contribution >= 4 is 34.1 Å². The number of nitrogens with zero attached hydrogens (tertiary/aromatic N) is 3. The molecule has 0 amide bonds. The van der Waals surface area contributed by atoms with E-state index in [0.717, 1.165) is 39.3 Å². The summed E-state index contributed by atoms with van der Waals surface area (Å²) in [6.07, 6.45) is 4.11. The number of halogens is 1. The summed E-state index contributed by atoms with van der Waals surface area (Å²) in [5.41, 5.74) is 1.83. The Labute approximate surface area is 125 Å². The topological polar surface area (TPSA) is 42.7 Å². The second kappa shape index (κ2) is 4.84. The van der Waals surface area contributed by atoms with Gasteiger partial charge in [0.25, 0.3) is 0 Å². The number of rotatable bonds is 2. The summed E-state index contributed by atoms with van der Waals surface area (Å²) in [7, 11) is 0. The van der Waals surface area contributed by atoms with E-state index in [1.807, 2.05) is 30.5 Å². The molecule has 3 aromatic heterocycles. The van der Waals surface area contributed by atoms with Crippen LogP contribution in [0.2, 0.25) is 4.34 Å². The number of fused-ring (bicyclic) bond motifs is 1. The molecule has 102 valence electrons. The van der Waals surface area contributed by atoms with E-state index < -0.39 is 0 Å². The van der Waals surface area contributed by atoms with Crippen molar-refractivity contribution in [2.45, 2.75) is 18.9 Å². The maximum absolute atomic E-state index is 6.09. The molecule has 1 aliphatic rings. The van der Waals surface area contributed by atoms with Gasteiger partial charge in [-0.05, 0) is 43.7 Å². The second-order valence-electron chi connectivity index (χ2n) is 4.88. The molecule has 0 bridgehead atoms. The molecule has 3 aromatic rings. The molecule has 1 N–H and O–H groups in total. The van der Waals surface area contributed by atoms with Crippen molar-refractivity contribution in [1.29, 1.82) is 0 Å². The number of hydrogen-bond acceptors (Lipinski definition) is 4. The quantitative estimate of drug-likeness (QED) is 0.787. The van der Waals surface area contributed by atoms with Gasteiger partial charge in [0.05, 0.1) is 10.4 Å². The van der Waals surface area contributed by atoms with Crippen LogP contribution in [0.4, 0.5) is 0 Å². The van der Waals surface area contributed by atoms with Crippen LogP contribution in [0.3, 0.4) is 0 Å². The summed E-state index contributed by atoms with van der Waals surface area (Å²) in [4.78, 5) is 9.28. The van der Waals surface area contributed by atoms with Crippen LogP contribution in [-0.2, 0) is 0 Å². The third kappa shape index (κ3) is 1.93. The SMILES string of the molecule is Clc1ccc(-n2c(C3CCCN3)nc3cccnc32)s1. The minimum absolute atomic E-state index is 0.296. The van der Waals surface area contributed by atoms with Gasteiger partial charge in [0.2, 0.25) is 0 Å². The Hall–Kier alpha value is -1.43. The number of imidazole rings is 1. The number of thiophene rings is 1. The normalized spacial score (nSPS) is 18.9. The molecule has 4 heterocycles. The van der Waals surface area contributed by atoms with Crippen molar-refractivity contribution in [2.75, 3.05) is 6.54 Å². The fraction of sp³-hybridized carbons (Fsp3) is 0.286. The first-order valence-corrected chi connectivity index (χ1v) is 7.85. The Bertz CT molecular complexity index is 757. The zero-order valence-electron chi connectivity index (χ0n) is 10.7. The van der Waals surface area contributed by atoms with Crippen LogP contribution in [0.5, 0.6) is 0 Å². The lowest BCUT2D eigenvalue weighted by atomic mass is 10.2. The van der Waals surface area contributed by atoms with E-state index >= 15 is 0 Å². The molecule has 4 rings (SSSR count). The zero-order chi connectivity index (χ0) is 13.5. The van der Waals surface area contributed by atoms with Gasteiger partial charge in [-0.1, -0.05) is 11.6 Å². The predicted molar refractivity (Wildman–Crippen MR) is 81.7 cm³/mol. The third-order valence-corrected chi connectivity index (χ3v) is 4.81. The van der Waals surface area contributed by atoms with E-state index in [4.69, 9.17) is 16.6 Å². The maximum Gasteiger partial charge on any atom is 0.165 e. The smallest absolute Gasteiger partial charge is 0.165 e. The highest BCUT2D eigenvalue weighted by Gasteiger charge is 2.24. The zero-order valence-corrected chi connectivity index (χ0v) is 12.3. The molecule has 1 saturated heterocycles. The van der Waals surface area contributed by atoms with Crippen LogP contribution in [0.1, 0.15) is 24.7 Å². The van der Waals surface area contributed by atoms with Gasteiger partial charge in [-0.3, -0.25) is 4.57 Å². The van der Waals surface area contributed by atoms with E-state index in [1.54, 1.807) is 11.3 Å². The Morgan fingerprint density at radius 3 is 3.05 bits per heavy atom. The van der Waals surface area contributed by atoms with Gasteiger partial charge in [0.1, 0.15) is 16.3 Å². The first kappa shape index (κ1) is 12.3. The Morgan fingerprint density at radius 2 is 2.30 bits per heavy atom. The average molecular weight is 305 g/mol. The summed E-state index contributed by atoms with van der Waals surface area (Å²) in [5.74, 6) is 1.04. The highest BCUT2D eigenvalue weighted by molar-refractivity contribution is 7.18. The van der Waals surface area contributed by atoms with Crippen molar-refractivity contribution in [3.63, 3.8) is 0 Å². The molecule has 1 fully saturated rings. The van der Waals surface area contributed by atoms with Gasteiger partial charge < -0.3 is 5.32 Å². The molecular formula is C14H13ClN4S. The molecule has 0 aromatic carbocycles. The van der Waals surface area contributed by atoms with Crippen molar-refractivity contribution in [3.8, 4) is 5.00 Å². The number of pyridine rings is 1. The number of aromatic nitrogens is 3. The van der Waals surface area contributed by atoms with Crippen LogP contribution >= 0.6 is 22.9 Å². The monoisotopic (exact) mass is 304 g/mol. The minimum atomic E-state index is 0.296. The van der Waals surface area contributed by atoms with E-state index in [0.29, 0.717) is 6.04 Å². The molecule has 4 nitrogen and oxygen atoms in total. The van der Waals surface area contributed by atoms with E-state index in [2.05, 4.69) is 14.9 Å². The molecule has 20 heavy (non-hydrogen) atoms. The van der Waals surface area contributed by atoms with Crippen molar-refractivity contribution < 1.29 is 0 Å². The third-order valence-electron chi connectivity index (χ3n) is 3.59. The summed E-state index contributed by atoms with van der Waals surface area (Å²) >= 11 is 7.64. The molecule has 0 radical (unpaired) electrons. The molecule has 0 saturated carbocycles. The van der Waals surface area contributed by atoms with Crippen LogP contribution in [0.25, 0.3) is 16.2 Å². The molecule has 0 spiro atoms. The van der Waals surface area contributed by atoms with Gasteiger partial charge >= 0.3 is 0 Å². The molecule has 1 aliphatic heterocycles. The highest BCUT2D eigenvalue weighted by Crippen LogP contribution is 2.32. The van der Waals surface area contributed by atoms with Gasteiger partial charge in [0, 0.05) is 6.20 Å². The van der Waals surface area contributed by atoms with Crippen molar-refractivity contribution in [1.82, 2.24) is 19.9 Å². The average Bonchev–Trinajstić information content (AvgIpc) is 3.16. The van der Waals surface area contributed by atoms with Gasteiger partial charge in [-0.15, -0.1) is 11.3 Å². The summed E-state index contributed by atoms with van der Waals surface area (Å²) in [6, 6.07) is 8.17. The molecule has 1 unspecified atom stereocenters. The lowest BCUT2D eigenvalue weighted by Crippen LogP contribution is -2.17. The Kier molecular flexibility index (Phi) is 2.98. The van der Waals surface area contributed by atoms with Crippen LogP contribution in [0, 0.1) is 0 Å². The standard InChI is InChI=1S/C14H13ClN4S/c15-11-5-6-12(20-11)19-13-10(4-2-8-17-13)18-14(19)9-3-1-7-16-9/h2,4-6,8-9,16H,1,3,7H2. The number of hydrogen-bond donors (Lipinski definition) is 1. The van der Waals surface area contributed by atoms with Gasteiger partial charge in [-0.2, -0.15) is 0 Å². The Balaban J connectivity index is 1.97. The fourth-order valence-corrected chi connectivity index (χ4v) is 3.75. The summed E-state index contributed by atoms with van der Waals surface area (Å²) < 4.78 is 2.91. The summed E-state index contributed by atoms with van der Waals surface area (Å²) in [6.45, 7) is 1.05. The van der Waals surface area contributed by atoms with Crippen molar-refractivity contribution in [2.24, 2.45) is 0 Å². The first-order valence-electron chi connectivity index (χ1n) is 6.65. The molecule has 1 atom stereocenters. The largest absolute Gasteiger partial charge is 0.307 e. The van der Waals surface area contributed by atoms with Crippen LogP contribution in [0.15, 0.2) is 30.5 Å². The van der Waals surface area contributed by atoms with Crippen LogP contribution in [-0.4, -0.2) is 21.1 Å². The lowest BCUT2D eigenvalue weighted by Gasteiger charge is -2.11. The van der Waals surface area contributed by atoms with E-state index in [9.17, 15) is 0 Å². The van der Waals surface area contributed by atoms with Gasteiger partial charge in [-0.25, -0.2) is 9.97 Å². The maximum atomic E-state index is 6.09. The number of nitrogens with one attached hydrogen (secondary N) is 1. The summed E-state index contributed by atoms with van der Waals surface area (Å²) in [5, 5.41) is 4.58. The minimum Gasteiger partial charge on any atom is -0.307 e. The van der Waals surface area contributed by atoms with Crippen molar-refractivity contribution in [3.05, 3.63) is 40.6 Å². The molecule has 6 heteroatoms. The first-order chi connectivity index (χ1) is 9.83. The second-order valence-corrected chi connectivity index (χ2v) is 6.57. The lowest BCUT2D eigenvalue weighted by molar-refractivity contribution is 0.599.